The third kappa shape index (κ3) is 6.66. The van der Waals surface area contributed by atoms with Crippen molar-refractivity contribution >= 4 is 56.6 Å². The molecule has 0 aliphatic heterocycles. The van der Waals surface area contributed by atoms with Crippen molar-refractivity contribution in [2.75, 3.05) is 23.1 Å². The zero-order valence-corrected chi connectivity index (χ0v) is 21.4. The van der Waals surface area contributed by atoms with Gasteiger partial charge in [-0.1, -0.05) is 53.5 Å². The summed E-state index contributed by atoms with van der Waals surface area (Å²) in [6, 6.07) is 17.3. The van der Waals surface area contributed by atoms with Gasteiger partial charge in [-0.15, -0.1) is 0 Å². The zero-order chi connectivity index (χ0) is 24.7. The minimum Gasteiger partial charge on any atom is -0.354 e. The van der Waals surface area contributed by atoms with Crippen LogP contribution in [0.3, 0.4) is 0 Å². The van der Waals surface area contributed by atoms with Gasteiger partial charge in [-0.3, -0.25) is 9.10 Å². The molecule has 34 heavy (non-hydrogen) atoms. The molecule has 0 saturated heterocycles. The highest BCUT2D eigenvalue weighted by atomic mass is 35.5. The number of nitrogens with one attached hydrogen (secondary N) is 1. The second-order valence-corrected chi connectivity index (χ2v) is 11.2. The van der Waals surface area contributed by atoms with Crippen LogP contribution in [0.25, 0.3) is 0 Å². The average Bonchev–Trinajstić information content (AvgIpc) is 2.81. The van der Waals surface area contributed by atoms with E-state index in [0.717, 1.165) is 4.31 Å². The highest BCUT2D eigenvalue weighted by molar-refractivity contribution is 7.98. The first-order valence-electron chi connectivity index (χ1n) is 10.3. The summed E-state index contributed by atoms with van der Waals surface area (Å²) in [5.74, 6) is 0.0152. The molecule has 10 heteroatoms. The van der Waals surface area contributed by atoms with Crippen LogP contribution in [0.2, 0.25) is 10.0 Å². The Hall–Kier alpha value is -2.26. The van der Waals surface area contributed by atoms with E-state index in [0.29, 0.717) is 38.4 Å². The van der Waals surface area contributed by atoms with Crippen molar-refractivity contribution in [3.63, 3.8) is 0 Å². The van der Waals surface area contributed by atoms with E-state index >= 15 is 0 Å². The molecule has 0 radical (unpaired) electrons. The summed E-state index contributed by atoms with van der Waals surface area (Å²) in [6.07, 6.45) is 0. The van der Waals surface area contributed by atoms with Gasteiger partial charge in [0.1, 0.15) is 12.4 Å². The predicted molar refractivity (Wildman–Crippen MR) is 138 cm³/mol. The molecule has 0 atom stereocenters. The standard InChI is InChI=1S/C24H23Cl2FN2O3S2/c1-17-10-11-18(25)14-23(17)29(34(31,32)19-6-3-2-4-7-19)15-24(30)28-12-13-33-16-20-21(26)8-5-9-22(20)27/h2-11,14H,12-13,15-16H2,1H3,(H,28,30). The van der Waals surface area contributed by atoms with Gasteiger partial charge in [0.15, 0.2) is 0 Å². The summed E-state index contributed by atoms with van der Waals surface area (Å²) in [5, 5.41) is 3.45. The van der Waals surface area contributed by atoms with E-state index < -0.39 is 22.5 Å². The minimum absolute atomic E-state index is 0.0690. The number of anilines is 1. The summed E-state index contributed by atoms with van der Waals surface area (Å²) in [5.41, 5.74) is 1.40. The maximum Gasteiger partial charge on any atom is 0.264 e. The van der Waals surface area contributed by atoms with E-state index in [1.165, 1.54) is 36.0 Å². The Morgan fingerprint density at radius 1 is 1.06 bits per heavy atom. The number of amides is 1. The Bertz CT molecular complexity index is 1240. The Morgan fingerprint density at radius 2 is 1.79 bits per heavy atom. The van der Waals surface area contributed by atoms with E-state index in [4.69, 9.17) is 23.2 Å². The predicted octanol–water partition coefficient (Wildman–Crippen LogP) is 5.69. The molecule has 3 aromatic carbocycles. The summed E-state index contributed by atoms with van der Waals surface area (Å²) < 4.78 is 41.7. The summed E-state index contributed by atoms with van der Waals surface area (Å²) in [7, 11) is -4.02. The van der Waals surface area contributed by atoms with Crippen molar-refractivity contribution in [3.05, 3.63) is 93.7 Å². The Labute approximate surface area is 213 Å². The number of benzene rings is 3. The Kier molecular flexibility index (Phi) is 9.24. The number of sulfonamides is 1. The molecule has 0 bridgehead atoms. The van der Waals surface area contributed by atoms with Crippen LogP contribution in [0.1, 0.15) is 11.1 Å². The van der Waals surface area contributed by atoms with Gasteiger partial charge < -0.3 is 5.32 Å². The van der Waals surface area contributed by atoms with Crippen LogP contribution in [0.5, 0.6) is 0 Å². The lowest BCUT2D eigenvalue weighted by Gasteiger charge is -2.25. The molecule has 1 amide bonds. The zero-order valence-electron chi connectivity index (χ0n) is 18.3. The number of rotatable bonds is 10. The summed E-state index contributed by atoms with van der Waals surface area (Å²) in [4.78, 5) is 12.8. The van der Waals surface area contributed by atoms with E-state index in [1.54, 1.807) is 49.4 Å². The number of hydrogen-bond donors (Lipinski definition) is 1. The maximum absolute atomic E-state index is 13.9. The van der Waals surface area contributed by atoms with Crippen molar-refractivity contribution in [1.29, 1.82) is 0 Å². The highest BCUT2D eigenvalue weighted by Crippen LogP contribution is 2.29. The maximum atomic E-state index is 13.9. The molecule has 0 fully saturated rings. The van der Waals surface area contributed by atoms with E-state index in [9.17, 15) is 17.6 Å². The van der Waals surface area contributed by atoms with Crippen molar-refractivity contribution in [2.24, 2.45) is 0 Å². The first-order chi connectivity index (χ1) is 16.2. The number of nitrogens with zero attached hydrogens (tertiary/aromatic N) is 1. The summed E-state index contributed by atoms with van der Waals surface area (Å²) in [6.45, 7) is 1.62. The first-order valence-corrected chi connectivity index (χ1v) is 13.7. The van der Waals surface area contributed by atoms with E-state index in [-0.39, 0.29) is 17.3 Å². The highest BCUT2D eigenvalue weighted by Gasteiger charge is 2.28. The number of aryl methyl sites for hydroxylation is 1. The molecule has 5 nitrogen and oxygen atoms in total. The molecule has 1 N–H and O–H groups in total. The fraction of sp³-hybridized carbons (Fsp3) is 0.208. The van der Waals surface area contributed by atoms with Crippen molar-refractivity contribution in [3.8, 4) is 0 Å². The molecular formula is C24H23Cl2FN2O3S2. The van der Waals surface area contributed by atoms with Gasteiger partial charge in [0.25, 0.3) is 10.0 Å². The van der Waals surface area contributed by atoms with E-state index in [1.807, 2.05) is 0 Å². The lowest BCUT2D eigenvalue weighted by atomic mass is 10.2. The third-order valence-electron chi connectivity index (χ3n) is 4.93. The molecule has 3 aromatic rings. The number of carbonyl (C=O) groups excluding carboxylic acids is 1. The molecular weight excluding hydrogens is 518 g/mol. The van der Waals surface area contributed by atoms with Crippen LogP contribution < -0.4 is 9.62 Å². The van der Waals surface area contributed by atoms with Gasteiger partial charge in [-0.2, -0.15) is 11.8 Å². The number of hydrogen-bond acceptors (Lipinski definition) is 4. The smallest absolute Gasteiger partial charge is 0.264 e. The van der Waals surface area contributed by atoms with Gasteiger partial charge in [0, 0.05) is 33.7 Å². The van der Waals surface area contributed by atoms with Crippen LogP contribution in [0.15, 0.2) is 71.6 Å². The van der Waals surface area contributed by atoms with Crippen molar-refractivity contribution in [2.45, 2.75) is 17.6 Å². The summed E-state index contributed by atoms with van der Waals surface area (Å²) >= 11 is 13.6. The minimum atomic E-state index is -4.02. The largest absolute Gasteiger partial charge is 0.354 e. The van der Waals surface area contributed by atoms with Gasteiger partial charge in [0.2, 0.25) is 5.91 Å². The molecule has 0 aliphatic carbocycles. The molecule has 0 unspecified atom stereocenters. The molecule has 0 spiro atoms. The van der Waals surface area contributed by atoms with Gasteiger partial charge in [-0.25, -0.2) is 12.8 Å². The second-order valence-electron chi connectivity index (χ2n) is 7.36. The first kappa shape index (κ1) is 26.3. The van der Waals surface area contributed by atoms with Crippen molar-refractivity contribution < 1.29 is 17.6 Å². The average molecular weight is 541 g/mol. The number of carbonyl (C=O) groups is 1. The van der Waals surface area contributed by atoms with E-state index in [2.05, 4.69) is 5.32 Å². The van der Waals surface area contributed by atoms with Crippen molar-refractivity contribution in [1.82, 2.24) is 5.32 Å². The molecule has 0 aliphatic rings. The SMILES string of the molecule is Cc1ccc(Cl)cc1N(CC(=O)NCCSCc1c(F)cccc1Cl)S(=O)(=O)c1ccccc1. The normalized spacial score (nSPS) is 11.3. The third-order valence-corrected chi connectivity index (χ3v) is 8.28. The fourth-order valence-corrected chi connectivity index (χ4v) is 6.03. The molecule has 180 valence electrons. The number of thioether (sulfide) groups is 1. The van der Waals surface area contributed by atoms with Crippen LogP contribution in [-0.4, -0.2) is 33.2 Å². The van der Waals surface area contributed by atoms with Crippen LogP contribution in [0, 0.1) is 12.7 Å². The van der Waals surface area contributed by atoms with Gasteiger partial charge >= 0.3 is 0 Å². The lowest BCUT2D eigenvalue weighted by molar-refractivity contribution is -0.119. The van der Waals surface area contributed by atoms with Crippen LogP contribution >= 0.6 is 35.0 Å². The second kappa shape index (κ2) is 11.9. The van der Waals surface area contributed by atoms with Crippen LogP contribution in [0.4, 0.5) is 10.1 Å². The number of halogens is 3. The van der Waals surface area contributed by atoms with Gasteiger partial charge in [-0.05, 0) is 48.9 Å². The van der Waals surface area contributed by atoms with Crippen LogP contribution in [-0.2, 0) is 20.6 Å². The molecule has 0 heterocycles. The molecule has 3 rings (SSSR count). The fourth-order valence-electron chi connectivity index (χ4n) is 3.16. The molecule has 0 aromatic heterocycles. The quantitative estimate of drug-likeness (QED) is 0.335. The Balaban J connectivity index is 1.68. The lowest BCUT2D eigenvalue weighted by Crippen LogP contribution is -2.41. The monoisotopic (exact) mass is 540 g/mol. The topological polar surface area (TPSA) is 66.5 Å². The Morgan fingerprint density at radius 3 is 2.50 bits per heavy atom. The van der Waals surface area contributed by atoms with Gasteiger partial charge in [0.05, 0.1) is 10.6 Å². The molecule has 0 saturated carbocycles.